The van der Waals surface area contributed by atoms with Gasteiger partial charge < -0.3 is 23.2 Å². The summed E-state index contributed by atoms with van der Waals surface area (Å²) in [6.07, 6.45) is 1.16. The van der Waals surface area contributed by atoms with E-state index in [0.717, 1.165) is 12.1 Å². The number of ether oxygens (including phenoxy) is 2. The first-order valence-corrected chi connectivity index (χ1v) is 12.4. The molecule has 0 radical (unpaired) electrons. The van der Waals surface area contributed by atoms with E-state index >= 15 is 0 Å². The maximum atomic E-state index is 14.7. The highest BCUT2D eigenvalue weighted by Crippen LogP contribution is 2.41. The number of benzene rings is 2. The summed E-state index contributed by atoms with van der Waals surface area (Å²) in [5, 5.41) is 1.82. The number of amides is 1. The largest absolute Gasteiger partial charge is 0.519 e. The standard InChI is InChI=1S/C28H23F2N3O7/c1-15-22(40-28(36)39-15)14-38-26-20(34)8-10-32-25(26)27(35)31(2)23-9-11-37-21-13-19(30)18(29)12-17(21)24(33(23)32)16-6-4-3-5-7-16/h3-8,10,12-13,23-24H,9,11,14H2,1-2H3/t23-,24+/m1/s1. The molecule has 206 valence electrons. The van der Waals surface area contributed by atoms with Crippen molar-refractivity contribution in [2.45, 2.75) is 32.2 Å². The van der Waals surface area contributed by atoms with E-state index in [1.165, 1.54) is 28.8 Å². The molecule has 0 bridgehead atoms. The number of pyridine rings is 1. The minimum absolute atomic E-state index is 0.0680. The van der Waals surface area contributed by atoms with Crippen molar-refractivity contribution in [3.05, 3.63) is 116 Å². The highest BCUT2D eigenvalue weighted by atomic mass is 19.2. The number of halogens is 2. The molecule has 0 saturated heterocycles. The van der Waals surface area contributed by atoms with Crippen molar-refractivity contribution >= 4 is 5.91 Å². The van der Waals surface area contributed by atoms with E-state index in [1.807, 2.05) is 35.3 Å². The van der Waals surface area contributed by atoms with E-state index in [4.69, 9.17) is 18.3 Å². The fourth-order valence-corrected chi connectivity index (χ4v) is 5.19. The number of hydrogen-bond donors (Lipinski definition) is 0. The van der Waals surface area contributed by atoms with Crippen molar-refractivity contribution in [2.24, 2.45) is 0 Å². The van der Waals surface area contributed by atoms with Gasteiger partial charge in [-0.1, -0.05) is 30.3 Å². The van der Waals surface area contributed by atoms with Crippen molar-refractivity contribution in [2.75, 3.05) is 18.7 Å². The summed E-state index contributed by atoms with van der Waals surface area (Å²) in [5.74, 6) is -3.38. The van der Waals surface area contributed by atoms with E-state index in [2.05, 4.69) is 0 Å². The zero-order valence-corrected chi connectivity index (χ0v) is 21.4. The van der Waals surface area contributed by atoms with Crippen LogP contribution in [0.4, 0.5) is 8.78 Å². The predicted octanol–water partition coefficient (Wildman–Crippen LogP) is 3.48. The second-order valence-corrected chi connectivity index (χ2v) is 9.46. The van der Waals surface area contributed by atoms with Gasteiger partial charge in [0.15, 0.2) is 34.6 Å². The molecule has 1 amide bonds. The molecule has 2 aromatic carbocycles. The molecular formula is C28H23F2N3O7. The first kappa shape index (κ1) is 25.4. The third-order valence-corrected chi connectivity index (χ3v) is 7.10. The van der Waals surface area contributed by atoms with Crippen molar-refractivity contribution in [3.63, 3.8) is 0 Å². The number of carbonyl (C=O) groups is 1. The molecule has 0 unspecified atom stereocenters. The first-order chi connectivity index (χ1) is 19.2. The summed E-state index contributed by atoms with van der Waals surface area (Å²) in [7, 11) is 1.58. The third kappa shape index (κ3) is 4.12. The summed E-state index contributed by atoms with van der Waals surface area (Å²) in [6, 6.07) is 11.7. The number of fused-ring (bicyclic) bond motifs is 4. The van der Waals surface area contributed by atoms with Crippen molar-refractivity contribution in [3.8, 4) is 11.5 Å². The fourth-order valence-electron chi connectivity index (χ4n) is 5.19. The first-order valence-electron chi connectivity index (χ1n) is 12.4. The summed E-state index contributed by atoms with van der Waals surface area (Å²) >= 11 is 0. The van der Waals surface area contributed by atoms with Gasteiger partial charge in [0.25, 0.3) is 5.91 Å². The van der Waals surface area contributed by atoms with Crippen LogP contribution in [0, 0.1) is 18.6 Å². The number of aromatic nitrogens is 1. The van der Waals surface area contributed by atoms with Crippen molar-refractivity contribution in [1.29, 1.82) is 0 Å². The second kappa shape index (κ2) is 9.70. The van der Waals surface area contributed by atoms with Gasteiger partial charge in [0.2, 0.25) is 5.43 Å². The average Bonchev–Trinajstić information content (AvgIpc) is 3.26. The lowest BCUT2D eigenvalue weighted by Gasteiger charge is -2.50. The van der Waals surface area contributed by atoms with Crippen LogP contribution in [0.5, 0.6) is 11.5 Å². The number of nitrogens with zero attached hydrogens (tertiary/aromatic N) is 3. The van der Waals surface area contributed by atoms with Gasteiger partial charge in [-0.05, 0) is 18.6 Å². The average molecular weight is 552 g/mol. The van der Waals surface area contributed by atoms with Gasteiger partial charge in [0.1, 0.15) is 24.6 Å². The van der Waals surface area contributed by atoms with Gasteiger partial charge in [-0.2, -0.15) is 0 Å². The zero-order valence-electron chi connectivity index (χ0n) is 21.4. The molecular weight excluding hydrogens is 528 g/mol. The SMILES string of the molecule is Cc1oc(=O)oc1COc1c2n(ccc1=O)N1[C@@H](c3ccccc3)c3cc(F)c(F)cc3OCC[C@@H]1N(C)C2=O. The molecule has 2 aromatic heterocycles. The molecule has 6 rings (SSSR count). The molecule has 4 aromatic rings. The zero-order chi connectivity index (χ0) is 28.1. The van der Waals surface area contributed by atoms with Gasteiger partial charge >= 0.3 is 5.82 Å². The predicted molar refractivity (Wildman–Crippen MR) is 136 cm³/mol. The molecule has 2 aliphatic heterocycles. The Hall–Kier alpha value is -4.87. The highest BCUT2D eigenvalue weighted by molar-refractivity contribution is 5.96. The molecule has 40 heavy (non-hydrogen) atoms. The van der Waals surface area contributed by atoms with Crippen molar-refractivity contribution < 1.29 is 31.9 Å². The molecule has 2 atom stereocenters. The molecule has 0 saturated carbocycles. The molecule has 12 heteroatoms. The molecule has 0 N–H and O–H groups in total. The lowest BCUT2D eigenvalue weighted by Crippen LogP contribution is -2.62. The lowest BCUT2D eigenvalue weighted by molar-refractivity contribution is 0.0569. The Labute approximate surface area is 225 Å². The minimum Gasteiger partial charge on any atom is -0.493 e. The monoisotopic (exact) mass is 551 g/mol. The van der Waals surface area contributed by atoms with Gasteiger partial charge in [-0.15, -0.1) is 0 Å². The van der Waals surface area contributed by atoms with Crippen LogP contribution in [0.15, 0.2) is 73.2 Å². The number of aryl methyl sites for hydroxylation is 1. The quantitative estimate of drug-likeness (QED) is 0.380. The highest BCUT2D eigenvalue weighted by Gasteiger charge is 2.43. The summed E-state index contributed by atoms with van der Waals surface area (Å²) in [6.45, 7) is 1.27. The molecule has 0 fully saturated rings. The Balaban J connectivity index is 1.56. The number of rotatable bonds is 4. The van der Waals surface area contributed by atoms with Crippen LogP contribution in [-0.4, -0.2) is 35.3 Å². The minimum atomic E-state index is -1.05. The van der Waals surface area contributed by atoms with Crippen LogP contribution in [0.2, 0.25) is 0 Å². The van der Waals surface area contributed by atoms with E-state index < -0.39 is 41.0 Å². The smallest absolute Gasteiger partial charge is 0.493 e. The summed E-state index contributed by atoms with van der Waals surface area (Å²) in [4.78, 5) is 39.7. The molecule has 0 spiro atoms. The maximum absolute atomic E-state index is 14.7. The number of carbonyl (C=O) groups excluding carboxylic acids is 1. The normalized spacial score (nSPS) is 18.2. The summed E-state index contributed by atoms with van der Waals surface area (Å²) < 4.78 is 52.0. The van der Waals surface area contributed by atoms with Gasteiger partial charge in [-0.25, -0.2) is 13.6 Å². The Kier molecular flexibility index (Phi) is 6.16. The van der Waals surface area contributed by atoms with E-state index in [0.29, 0.717) is 17.5 Å². The van der Waals surface area contributed by atoms with E-state index in [9.17, 15) is 23.2 Å². The van der Waals surface area contributed by atoms with Crippen LogP contribution in [0.1, 0.15) is 45.6 Å². The fraction of sp³-hybridized carbons (Fsp3) is 0.250. The Morgan fingerprint density at radius 3 is 2.50 bits per heavy atom. The molecule has 10 nitrogen and oxygen atoms in total. The van der Waals surface area contributed by atoms with Gasteiger partial charge in [-0.3, -0.25) is 19.3 Å². The van der Waals surface area contributed by atoms with Crippen LogP contribution < -0.4 is 25.7 Å². The van der Waals surface area contributed by atoms with E-state index in [-0.39, 0.29) is 41.9 Å². The van der Waals surface area contributed by atoms with Crippen LogP contribution in [0.3, 0.4) is 0 Å². The Morgan fingerprint density at radius 2 is 1.77 bits per heavy atom. The molecule has 2 aliphatic rings. The second-order valence-electron chi connectivity index (χ2n) is 9.46. The van der Waals surface area contributed by atoms with Gasteiger partial charge in [0, 0.05) is 37.4 Å². The summed E-state index contributed by atoms with van der Waals surface area (Å²) in [5.41, 5.74) is 0.382. The third-order valence-electron chi connectivity index (χ3n) is 7.10. The topological polar surface area (TPSA) is 107 Å². The van der Waals surface area contributed by atoms with Crippen LogP contribution >= 0.6 is 0 Å². The number of hydrogen-bond acceptors (Lipinski definition) is 8. The maximum Gasteiger partial charge on any atom is 0.519 e. The Bertz CT molecular complexity index is 1730. The van der Waals surface area contributed by atoms with E-state index in [1.54, 1.807) is 7.05 Å². The van der Waals surface area contributed by atoms with Crippen LogP contribution in [-0.2, 0) is 6.61 Å². The Morgan fingerprint density at radius 1 is 1.02 bits per heavy atom. The van der Waals surface area contributed by atoms with Gasteiger partial charge in [0.05, 0.1) is 6.61 Å². The molecule has 4 heterocycles. The molecule has 0 aliphatic carbocycles. The van der Waals surface area contributed by atoms with Crippen LogP contribution in [0.25, 0.3) is 0 Å². The van der Waals surface area contributed by atoms with Crippen molar-refractivity contribution in [1.82, 2.24) is 9.58 Å². The lowest BCUT2D eigenvalue weighted by atomic mass is 9.95.